The summed E-state index contributed by atoms with van der Waals surface area (Å²) in [5, 5.41) is 1.26. The Morgan fingerprint density at radius 3 is 3.00 bits per heavy atom. The van der Waals surface area contributed by atoms with Crippen LogP contribution < -0.4 is 5.84 Å². The van der Waals surface area contributed by atoms with Crippen molar-refractivity contribution in [2.24, 2.45) is 5.84 Å². The normalized spacial score (nSPS) is 10.0. The van der Waals surface area contributed by atoms with E-state index in [9.17, 15) is 4.79 Å². The van der Waals surface area contributed by atoms with Gasteiger partial charge in [-0.15, -0.1) is 0 Å². The third-order valence-corrected chi connectivity index (χ3v) is 2.14. The summed E-state index contributed by atoms with van der Waals surface area (Å²) in [5.41, 5.74) is 0.949. The highest BCUT2D eigenvalue weighted by Gasteiger charge is 2.08. The standard InChI is InChI=1S/C11H17N3O/c1-2-3-6-11(15)14(12)9-10-5-4-7-13-8-10/h4-5,7-8H,2-3,6,9,12H2,1H3. The number of hydrogen-bond donors (Lipinski definition) is 1. The number of pyridine rings is 1. The van der Waals surface area contributed by atoms with Crippen LogP contribution in [0.15, 0.2) is 24.5 Å². The molecule has 0 aliphatic heterocycles. The molecular weight excluding hydrogens is 190 g/mol. The predicted octanol–water partition coefficient (Wildman–Crippen LogP) is 1.47. The van der Waals surface area contributed by atoms with Crippen LogP contribution in [0, 0.1) is 0 Å². The Kier molecular flexibility index (Phi) is 4.77. The Morgan fingerprint density at radius 2 is 2.40 bits per heavy atom. The third kappa shape index (κ3) is 4.08. The van der Waals surface area contributed by atoms with Gasteiger partial charge in [-0.25, -0.2) is 5.84 Å². The number of aromatic nitrogens is 1. The highest BCUT2D eigenvalue weighted by Crippen LogP contribution is 2.02. The Balaban J connectivity index is 2.41. The van der Waals surface area contributed by atoms with Gasteiger partial charge in [-0.05, 0) is 18.1 Å². The van der Waals surface area contributed by atoms with Gasteiger partial charge in [0.25, 0.3) is 0 Å². The van der Waals surface area contributed by atoms with Gasteiger partial charge in [0, 0.05) is 18.8 Å². The van der Waals surface area contributed by atoms with E-state index in [1.807, 2.05) is 12.1 Å². The minimum absolute atomic E-state index is 0.0132. The van der Waals surface area contributed by atoms with E-state index < -0.39 is 0 Å². The van der Waals surface area contributed by atoms with Crippen molar-refractivity contribution in [1.82, 2.24) is 9.99 Å². The lowest BCUT2D eigenvalue weighted by molar-refractivity contribution is -0.132. The van der Waals surface area contributed by atoms with Gasteiger partial charge in [-0.1, -0.05) is 19.4 Å². The van der Waals surface area contributed by atoms with Gasteiger partial charge >= 0.3 is 0 Å². The molecule has 0 saturated heterocycles. The zero-order valence-corrected chi connectivity index (χ0v) is 9.02. The van der Waals surface area contributed by atoms with Gasteiger partial charge < -0.3 is 0 Å². The Hall–Kier alpha value is -1.42. The maximum atomic E-state index is 11.5. The second kappa shape index (κ2) is 6.14. The summed E-state index contributed by atoms with van der Waals surface area (Å²) in [5.74, 6) is 5.63. The molecule has 1 heterocycles. The molecule has 0 aliphatic carbocycles. The first kappa shape index (κ1) is 11.7. The molecule has 1 aromatic heterocycles. The van der Waals surface area contributed by atoms with Gasteiger partial charge in [0.15, 0.2) is 0 Å². The topological polar surface area (TPSA) is 59.2 Å². The molecule has 4 nitrogen and oxygen atoms in total. The molecule has 0 spiro atoms. The maximum absolute atomic E-state index is 11.5. The molecule has 2 N–H and O–H groups in total. The lowest BCUT2D eigenvalue weighted by Gasteiger charge is -2.16. The molecule has 0 radical (unpaired) electrons. The molecule has 15 heavy (non-hydrogen) atoms. The minimum atomic E-state index is -0.0132. The second-order valence-electron chi connectivity index (χ2n) is 3.49. The molecule has 0 fully saturated rings. The summed E-state index contributed by atoms with van der Waals surface area (Å²) in [4.78, 5) is 15.5. The van der Waals surface area contributed by atoms with Crippen LogP contribution in [0.25, 0.3) is 0 Å². The molecule has 0 saturated carbocycles. The first-order chi connectivity index (χ1) is 7.24. The van der Waals surface area contributed by atoms with Crippen LogP contribution in [0.5, 0.6) is 0 Å². The number of amides is 1. The van der Waals surface area contributed by atoms with E-state index in [0.717, 1.165) is 18.4 Å². The summed E-state index contributed by atoms with van der Waals surface area (Å²) in [7, 11) is 0. The number of nitrogens with two attached hydrogens (primary N) is 1. The lowest BCUT2D eigenvalue weighted by Crippen LogP contribution is -2.36. The van der Waals surface area contributed by atoms with Crippen molar-refractivity contribution in [3.05, 3.63) is 30.1 Å². The minimum Gasteiger partial charge on any atom is -0.276 e. The fraction of sp³-hybridized carbons (Fsp3) is 0.455. The van der Waals surface area contributed by atoms with Crippen LogP contribution in [0.2, 0.25) is 0 Å². The quantitative estimate of drug-likeness (QED) is 0.452. The van der Waals surface area contributed by atoms with Crippen LogP contribution in [-0.2, 0) is 11.3 Å². The van der Waals surface area contributed by atoms with Crippen molar-refractivity contribution in [2.45, 2.75) is 32.7 Å². The molecule has 1 amide bonds. The van der Waals surface area contributed by atoms with Gasteiger partial charge in [-0.2, -0.15) is 0 Å². The molecule has 0 aromatic carbocycles. The number of carbonyl (C=O) groups is 1. The number of unbranched alkanes of at least 4 members (excludes halogenated alkanes) is 1. The number of hydrazine groups is 1. The average Bonchev–Trinajstić information content (AvgIpc) is 2.27. The summed E-state index contributed by atoms with van der Waals surface area (Å²) in [6.45, 7) is 2.48. The molecule has 0 unspecified atom stereocenters. The molecular formula is C11H17N3O. The molecule has 82 valence electrons. The van der Waals surface area contributed by atoms with Crippen molar-refractivity contribution >= 4 is 5.91 Å². The predicted molar refractivity (Wildman–Crippen MR) is 58.5 cm³/mol. The zero-order chi connectivity index (χ0) is 11.1. The van der Waals surface area contributed by atoms with E-state index in [1.165, 1.54) is 5.01 Å². The van der Waals surface area contributed by atoms with Crippen molar-refractivity contribution in [3.8, 4) is 0 Å². The zero-order valence-electron chi connectivity index (χ0n) is 9.02. The third-order valence-electron chi connectivity index (χ3n) is 2.14. The smallest absolute Gasteiger partial charge is 0.236 e. The van der Waals surface area contributed by atoms with Gasteiger partial charge in [0.05, 0.1) is 6.54 Å². The second-order valence-corrected chi connectivity index (χ2v) is 3.49. The van der Waals surface area contributed by atoms with Crippen molar-refractivity contribution < 1.29 is 4.79 Å². The fourth-order valence-corrected chi connectivity index (χ4v) is 1.25. The molecule has 1 rings (SSSR count). The average molecular weight is 207 g/mol. The van der Waals surface area contributed by atoms with E-state index in [2.05, 4.69) is 11.9 Å². The fourth-order valence-electron chi connectivity index (χ4n) is 1.25. The Bertz CT molecular complexity index is 300. The van der Waals surface area contributed by atoms with Crippen molar-refractivity contribution in [1.29, 1.82) is 0 Å². The van der Waals surface area contributed by atoms with Crippen molar-refractivity contribution in [2.75, 3.05) is 0 Å². The summed E-state index contributed by atoms with van der Waals surface area (Å²) >= 11 is 0. The lowest BCUT2D eigenvalue weighted by atomic mass is 10.2. The van der Waals surface area contributed by atoms with E-state index >= 15 is 0 Å². The largest absolute Gasteiger partial charge is 0.276 e. The van der Waals surface area contributed by atoms with Crippen LogP contribution in [0.1, 0.15) is 31.7 Å². The molecule has 0 bridgehead atoms. The number of hydrogen-bond acceptors (Lipinski definition) is 3. The molecule has 4 heteroatoms. The molecule has 0 atom stereocenters. The monoisotopic (exact) mass is 207 g/mol. The van der Waals surface area contributed by atoms with Gasteiger partial charge in [0.2, 0.25) is 5.91 Å². The Morgan fingerprint density at radius 1 is 1.60 bits per heavy atom. The Labute approximate surface area is 90.1 Å². The van der Waals surface area contributed by atoms with Crippen LogP contribution >= 0.6 is 0 Å². The van der Waals surface area contributed by atoms with E-state index in [1.54, 1.807) is 12.4 Å². The van der Waals surface area contributed by atoms with Crippen molar-refractivity contribution in [3.63, 3.8) is 0 Å². The summed E-state index contributed by atoms with van der Waals surface area (Å²) in [6, 6.07) is 3.74. The molecule has 1 aromatic rings. The first-order valence-electron chi connectivity index (χ1n) is 5.18. The van der Waals surface area contributed by atoms with Crippen LogP contribution in [0.4, 0.5) is 0 Å². The highest BCUT2D eigenvalue weighted by molar-refractivity contribution is 5.75. The van der Waals surface area contributed by atoms with Gasteiger partial charge in [0.1, 0.15) is 0 Å². The SMILES string of the molecule is CCCCC(=O)N(N)Cc1cccnc1. The highest BCUT2D eigenvalue weighted by atomic mass is 16.2. The van der Waals surface area contributed by atoms with Crippen LogP contribution in [-0.4, -0.2) is 15.9 Å². The van der Waals surface area contributed by atoms with E-state index in [-0.39, 0.29) is 5.91 Å². The summed E-state index contributed by atoms with van der Waals surface area (Å²) in [6.07, 6.45) is 5.83. The maximum Gasteiger partial charge on any atom is 0.236 e. The summed E-state index contributed by atoms with van der Waals surface area (Å²) < 4.78 is 0. The van der Waals surface area contributed by atoms with E-state index in [0.29, 0.717) is 13.0 Å². The number of nitrogens with zero attached hydrogens (tertiary/aromatic N) is 2. The molecule has 0 aliphatic rings. The van der Waals surface area contributed by atoms with Crippen LogP contribution in [0.3, 0.4) is 0 Å². The number of rotatable bonds is 5. The van der Waals surface area contributed by atoms with E-state index in [4.69, 9.17) is 5.84 Å². The van der Waals surface area contributed by atoms with Gasteiger partial charge in [-0.3, -0.25) is 14.8 Å². The number of carbonyl (C=O) groups excluding carboxylic acids is 1. The first-order valence-corrected chi connectivity index (χ1v) is 5.18.